The third-order valence-corrected chi connectivity index (χ3v) is 3.71. The van der Waals surface area contributed by atoms with Gasteiger partial charge >= 0.3 is 0 Å². The monoisotopic (exact) mass is 221 g/mol. The number of nitrogens with one attached hydrogen (secondary N) is 1. The molecule has 0 saturated heterocycles. The molecule has 1 N–H and O–H groups in total. The fraction of sp³-hybridized carbons (Fsp3) is 0.769. The summed E-state index contributed by atoms with van der Waals surface area (Å²) in [5, 5.41) is 7.88. The molecule has 1 saturated carbocycles. The Kier molecular flexibility index (Phi) is 3.64. The highest BCUT2D eigenvalue weighted by atomic mass is 15.3. The zero-order valence-corrected chi connectivity index (χ0v) is 10.6. The minimum Gasteiger partial charge on any atom is -0.311 e. The van der Waals surface area contributed by atoms with Gasteiger partial charge in [0.25, 0.3) is 0 Å². The summed E-state index contributed by atoms with van der Waals surface area (Å²) in [5.74, 6) is 1.64. The molecule has 1 aromatic rings. The van der Waals surface area contributed by atoms with Gasteiger partial charge in [0.1, 0.15) is 0 Å². The minimum atomic E-state index is 0.460. The summed E-state index contributed by atoms with van der Waals surface area (Å²) in [4.78, 5) is 0. The van der Waals surface area contributed by atoms with Crippen molar-refractivity contribution in [1.29, 1.82) is 0 Å². The van der Waals surface area contributed by atoms with E-state index in [2.05, 4.69) is 42.1 Å². The zero-order valence-electron chi connectivity index (χ0n) is 10.6. The lowest BCUT2D eigenvalue weighted by atomic mass is 9.94. The Morgan fingerprint density at radius 3 is 2.88 bits per heavy atom. The Hall–Kier alpha value is -0.830. The predicted octanol–water partition coefficient (Wildman–Crippen LogP) is 2.60. The topological polar surface area (TPSA) is 29.9 Å². The Labute approximate surface area is 98.2 Å². The second-order valence-corrected chi connectivity index (χ2v) is 4.94. The summed E-state index contributed by atoms with van der Waals surface area (Å²) in [5.41, 5.74) is 1.35. The first kappa shape index (κ1) is 11.6. The summed E-state index contributed by atoms with van der Waals surface area (Å²) in [6.07, 6.45) is 5.88. The van der Waals surface area contributed by atoms with Crippen LogP contribution in [-0.4, -0.2) is 16.8 Å². The highest BCUT2D eigenvalue weighted by molar-refractivity contribution is 5.09. The molecule has 3 nitrogen and oxygen atoms in total. The van der Waals surface area contributed by atoms with Crippen LogP contribution in [0.5, 0.6) is 0 Å². The third-order valence-electron chi connectivity index (χ3n) is 3.71. The van der Waals surface area contributed by atoms with Crippen LogP contribution >= 0.6 is 0 Å². The van der Waals surface area contributed by atoms with Gasteiger partial charge in [0.15, 0.2) is 0 Å². The molecule has 1 aromatic heterocycles. The van der Waals surface area contributed by atoms with E-state index in [4.69, 9.17) is 0 Å². The van der Waals surface area contributed by atoms with Gasteiger partial charge in [0.05, 0.1) is 11.7 Å². The van der Waals surface area contributed by atoms with Crippen molar-refractivity contribution in [3.63, 3.8) is 0 Å². The van der Waals surface area contributed by atoms with Gasteiger partial charge in [-0.1, -0.05) is 13.8 Å². The molecule has 2 atom stereocenters. The van der Waals surface area contributed by atoms with E-state index in [0.717, 1.165) is 24.8 Å². The molecule has 3 heteroatoms. The normalized spacial score (nSPS) is 19.7. The van der Waals surface area contributed by atoms with Crippen LogP contribution in [0.1, 0.15) is 44.8 Å². The molecule has 0 aliphatic heterocycles. The highest BCUT2D eigenvalue weighted by Crippen LogP contribution is 2.42. The number of hydrogen-bond acceptors (Lipinski definition) is 2. The van der Waals surface area contributed by atoms with Crippen molar-refractivity contribution in [1.82, 2.24) is 15.1 Å². The van der Waals surface area contributed by atoms with Crippen molar-refractivity contribution in [2.75, 3.05) is 7.05 Å². The number of rotatable bonds is 6. The van der Waals surface area contributed by atoms with Crippen LogP contribution in [0.25, 0.3) is 0 Å². The quantitative estimate of drug-likeness (QED) is 0.800. The molecule has 1 fully saturated rings. The van der Waals surface area contributed by atoms with E-state index in [0.29, 0.717) is 6.04 Å². The predicted molar refractivity (Wildman–Crippen MR) is 66.2 cm³/mol. The van der Waals surface area contributed by atoms with E-state index in [1.54, 1.807) is 0 Å². The van der Waals surface area contributed by atoms with Crippen LogP contribution in [0.15, 0.2) is 12.3 Å². The van der Waals surface area contributed by atoms with Crippen LogP contribution in [-0.2, 0) is 6.54 Å². The van der Waals surface area contributed by atoms with Gasteiger partial charge < -0.3 is 5.32 Å². The van der Waals surface area contributed by atoms with Crippen LogP contribution in [0.2, 0.25) is 0 Å². The fourth-order valence-corrected chi connectivity index (χ4v) is 2.58. The lowest BCUT2D eigenvalue weighted by molar-refractivity contribution is 0.346. The van der Waals surface area contributed by atoms with Gasteiger partial charge in [0, 0.05) is 12.7 Å². The van der Waals surface area contributed by atoms with E-state index < -0.39 is 0 Å². The first-order chi connectivity index (χ1) is 7.77. The summed E-state index contributed by atoms with van der Waals surface area (Å²) < 4.78 is 2.15. The number of aryl methyl sites for hydroxylation is 1. The molecule has 0 radical (unpaired) electrons. The third kappa shape index (κ3) is 2.29. The lowest BCUT2D eigenvalue weighted by Gasteiger charge is -2.24. The molecule has 0 aromatic carbocycles. The van der Waals surface area contributed by atoms with Crippen LogP contribution in [0.4, 0.5) is 0 Å². The minimum absolute atomic E-state index is 0.460. The van der Waals surface area contributed by atoms with Crippen molar-refractivity contribution in [2.24, 2.45) is 11.8 Å². The van der Waals surface area contributed by atoms with E-state index in [-0.39, 0.29) is 0 Å². The molecule has 0 spiro atoms. The Balaban J connectivity index is 2.14. The lowest BCUT2D eigenvalue weighted by Crippen LogP contribution is -2.27. The van der Waals surface area contributed by atoms with Crippen LogP contribution in [0.3, 0.4) is 0 Å². The number of aromatic nitrogens is 2. The maximum Gasteiger partial charge on any atom is 0.0556 e. The summed E-state index contributed by atoms with van der Waals surface area (Å²) in [6.45, 7) is 5.59. The molecule has 2 rings (SSSR count). The van der Waals surface area contributed by atoms with E-state index in [1.165, 1.54) is 18.5 Å². The largest absolute Gasteiger partial charge is 0.311 e. The maximum atomic E-state index is 4.41. The Morgan fingerprint density at radius 1 is 1.56 bits per heavy atom. The zero-order chi connectivity index (χ0) is 11.5. The van der Waals surface area contributed by atoms with E-state index >= 15 is 0 Å². The summed E-state index contributed by atoms with van der Waals surface area (Å²) in [6, 6.07) is 2.62. The van der Waals surface area contributed by atoms with Crippen molar-refractivity contribution in [2.45, 2.75) is 45.7 Å². The second-order valence-electron chi connectivity index (χ2n) is 4.94. The van der Waals surface area contributed by atoms with Crippen molar-refractivity contribution in [3.05, 3.63) is 18.0 Å². The van der Waals surface area contributed by atoms with Crippen LogP contribution < -0.4 is 5.32 Å². The molecular weight excluding hydrogens is 198 g/mol. The second kappa shape index (κ2) is 5.00. The van der Waals surface area contributed by atoms with Gasteiger partial charge in [-0.15, -0.1) is 0 Å². The van der Waals surface area contributed by atoms with Crippen molar-refractivity contribution in [3.8, 4) is 0 Å². The van der Waals surface area contributed by atoms with Gasteiger partial charge in [0.2, 0.25) is 0 Å². The first-order valence-corrected chi connectivity index (χ1v) is 6.47. The van der Waals surface area contributed by atoms with Gasteiger partial charge in [-0.25, -0.2) is 0 Å². The van der Waals surface area contributed by atoms with E-state index in [1.807, 2.05) is 6.20 Å². The molecule has 0 bridgehead atoms. The average molecular weight is 221 g/mol. The Morgan fingerprint density at radius 2 is 2.31 bits per heavy atom. The summed E-state index contributed by atoms with van der Waals surface area (Å²) in [7, 11) is 2.06. The van der Waals surface area contributed by atoms with Crippen molar-refractivity contribution >= 4 is 0 Å². The van der Waals surface area contributed by atoms with Crippen LogP contribution in [0, 0.1) is 11.8 Å². The first-order valence-electron chi connectivity index (χ1n) is 6.47. The maximum absolute atomic E-state index is 4.41. The molecule has 1 aliphatic rings. The van der Waals surface area contributed by atoms with Crippen molar-refractivity contribution < 1.29 is 0 Å². The average Bonchev–Trinajstić information content (AvgIpc) is 3.04. The smallest absolute Gasteiger partial charge is 0.0556 e. The molecule has 90 valence electrons. The number of hydrogen-bond donors (Lipinski definition) is 1. The van der Waals surface area contributed by atoms with Gasteiger partial charge in [-0.2, -0.15) is 5.10 Å². The molecular formula is C13H23N3. The molecule has 16 heavy (non-hydrogen) atoms. The van der Waals surface area contributed by atoms with Gasteiger partial charge in [-0.3, -0.25) is 4.68 Å². The highest BCUT2D eigenvalue weighted by Gasteiger charge is 2.34. The summed E-state index contributed by atoms with van der Waals surface area (Å²) >= 11 is 0. The molecule has 0 amide bonds. The van der Waals surface area contributed by atoms with E-state index in [9.17, 15) is 0 Å². The SMILES string of the molecule is CCCn1nccc1C(NC)C(C)C1CC1. The Bertz CT molecular complexity index is 328. The molecule has 1 heterocycles. The number of nitrogens with zero attached hydrogens (tertiary/aromatic N) is 2. The van der Waals surface area contributed by atoms with Gasteiger partial charge in [-0.05, 0) is 44.2 Å². The molecule has 2 unspecified atom stereocenters. The fourth-order valence-electron chi connectivity index (χ4n) is 2.58. The molecule has 1 aliphatic carbocycles. The standard InChI is InChI=1S/C13H23N3/c1-4-9-16-12(7-8-15-16)13(14-3)10(2)11-5-6-11/h7-8,10-11,13-14H,4-6,9H2,1-3H3.